The zero-order valence-corrected chi connectivity index (χ0v) is 19.2. The van der Waals surface area contributed by atoms with Crippen molar-refractivity contribution in [2.75, 3.05) is 6.54 Å². The summed E-state index contributed by atoms with van der Waals surface area (Å²) in [5.41, 5.74) is 5.26. The molecule has 1 amide bonds. The first-order valence-electron chi connectivity index (χ1n) is 11.6. The van der Waals surface area contributed by atoms with Crippen molar-refractivity contribution in [3.8, 4) is 17.1 Å². The second kappa shape index (κ2) is 8.48. The Morgan fingerprint density at radius 3 is 2.74 bits per heavy atom. The average molecular weight is 465 g/mol. The van der Waals surface area contributed by atoms with Crippen molar-refractivity contribution in [3.63, 3.8) is 0 Å². The number of β-amino-alcohol motifs (C(OH)–C–C–N with tert-alkyl or cyclic N) is 1. The van der Waals surface area contributed by atoms with E-state index in [0.29, 0.717) is 23.6 Å². The van der Waals surface area contributed by atoms with Crippen LogP contribution in [0.3, 0.4) is 0 Å². The van der Waals surface area contributed by atoms with E-state index >= 15 is 0 Å². The molecule has 0 spiro atoms. The lowest BCUT2D eigenvalue weighted by atomic mass is 10.1. The monoisotopic (exact) mass is 464 g/mol. The largest absolute Gasteiger partial charge is 0.391 e. The molecule has 1 aliphatic heterocycles. The molecule has 8 heteroatoms. The highest BCUT2D eigenvalue weighted by Crippen LogP contribution is 2.33. The highest BCUT2D eigenvalue weighted by atomic mass is 16.3. The first kappa shape index (κ1) is 21.2. The van der Waals surface area contributed by atoms with E-state index in [4.69, 9.17) is 0 Å². The van der Waals surface area contributed by atoms with Gasteiger partial charge in [0.1, 0.15) is 12.2 Å². The van der Waals surface area contributed by atoms with Crippen molar-refractivity contribution in [3.05, 3.63) is 96.1 Å². The summed E-state index contributed by atoms with van der Waals surface area (Å²) in [6, 6.07) is 23.0. The van der Waals surface area contributed by atoms with Crippen molar-refractivity contribution in [2.45, 2.75) is 25.5 Å². The number of aromatic nitrogens is 5. The van der Waals surface area contributed by atoms with E-state index in [2.05, 4.69) is 39.2 Å². The van der Waals surface area contributed by atoms with Crippen LogP contribution in [-0.2, 0) is 0 Å². The normalized spacial score (nSPS) is 17.8. The molecule has 1 aliphatic rings. The van der Waals surface area contributed by atoms with Crippen molar-refractivity contribution < 1.29 is 9.90 Å². The van der Waals surface area contributed by atoms with Crippen molar-refractivity contribution in [2.24, 2.45) is 0 Å². The van der Waals surface area contributed by atoms with Gasteiger partial charge in [-0.15, -0.1) is 0 Å². The number of aliphatic hydroxyl groups is 1. The molecule has 1 fully saturated rings. The second-order valence-corrected chi connectivity index (χ2v) is 8.93. The summed E-state index contributed by atoms with van der Waals surface area (Å²) in [5.74, 6) is 0.965. The molecule has 0 bridgehead atoms. The molecule has 3 aromatic carbocycles. The van der Waals surface area contributed by atoms with Crippen LogP contribution in [0.2, 0.25) is 0 Å². The summed E-state index contributed by atoms with van der Waals surface area (Å²) in [6.45, 7) is 2.29. The summed E-state index contributed by atoms with van der Waals surface area (Å²) in [7, 11) is 0. The Balaban J connectivity index is 1.30. The maximum absolute atomic E-state index is 13.5. The van der Waals surface area contributed by atoms with E-state index in [9.17, 15) is 9.90 Å². The van der Waals surface area contributed by atoms with E-state index in [-0.39, 0.29) is 18.5 Å². The molecular formula is C27H24N6O2. The number of nitrogens with one attached hydrogen (secondary N) is 1. The number of amides is 1. The number of hydrogen-bond acceptors (Lipinski definition) is 5. The molecule has 174 valence electrons. The number of H-pyrrole nitrogens is 1. The van der Waals surface area contributed by atoms with Gasteiger partial charge in [0.05, 0.1) is 23.2 Å². The number of imidazole rings is 1. The minimum Gasteiger partial charge on any atom is -0.391 e. The molecule has 1 saturated heterocycles. The van der Waals surface area contributed by atoms with Gasteiger partial charge in [-0.05, 0) is 42.8 Å². The predicted octanol–water partition coefficient (Wildman–Crippen LogP) is 4.07. The van der Waals surface area contributed by atoms with E-state index < -0.39 is 6.10 Å². The van der Waals surface area contributed by atoms with Crippen LogP contribution in [0.4, 0.5) is 0 Å². The summed E-state index contributed by atoms with van der Waals surface area (Å²) >= 11 is 0. The lowest BCUT2D eigenvalue weighted by Gasteiger charge is -2.22. The SMILES string of the molecule is Cc1cccc(-n2cnc3cc(C(=O)N4C[C@H](O)C[C@H]4c4nc(-c5ccccc5)n[nH]4)ccc32)c1. The molecule has 3 heterocycles. The highest BCUT2D eigenvalue weighted by molar-refractivity contribution is 5.98. The number of benzene rings is 3. The molecule has 2 aromatic heterocycles. The Labute approximate surface area is 201 Å². The van der Waals surface area contributed by atoms with Crippen molar-refractivity contribution in [1.82, 2.24) is 29.6 Å². The Morgan fingerprint density at radius 1 is 1.06 bits per heavy atom. The minimum absolute atomic E-state index is 0.170. The zero-order chi connectivity index (χ0) is 23.9. The van der Waals surface area contributed by atoms with Gasteiger partial charge in [-0.1, -0.05) is 42.5 Å². The lowest BCUT2D eigenvalue weighted by molar-refractivity contribution is 0.0711. The molecule has 0 radical (unpaired) electrons. The van der Waals surface area contributed by atoms with Crippen LogP contribution >= 0.6 is 0 Å². The number of aliphatic hydroxyl groups excluding tert-OH is 1. The Hall–Kier alpha value is -4.30. The summed E-state index contributed by atoms with van der Waals surface area (Å²) in [6.07, 6.45) is 1.55. The molecule has 0 saturated carbocycles. The lowest BCUT2D eigenvalue weighted by Crippen LogP contribution is -2.32. The van der Waals surface area contributed by atoms with Crippen LogP contribution < -0.4 is 0 Å². The van der Waals surface area contributed by atoms with E-state index in [1.807, 2.05) is 65.2 Å². The molecule has 5 aromatic rings. The molecule has 0 unspecified atom stereocenters. The van der Waals surface area contributed by atoms with Gasteiger partial charge in [-0.2, -0.15) is 5.10 Å². The van der Waals surface area contributed by atoms with Gasteiger partial charge in [-0.25, -0.2) is 9.97 Å². The van der Waals surface area contributed by atoms with Crippen LogP contribution in [0.25, 0.3) is 28.1 Å². The van der Waals surface area contributed by atoms with Gasteiger partial charge < -0.3 is 10.0 Å². The number of aryl methyl sites for hydroxylation is 1. The molecule has 6 rings (SSSR count). The van der Waals surface area contributed by atoms with Gasteiger partial charge in [-0.3, -0.25) is 14.5 Å². The quantitative estimate of drug-likeness (QED) is 0.418. The Kier molecular flexibility index (Phi) is 5.15. The van der Waals surface area contributed by atoms with Crippen molar-refractivity contribution in [1.29, 1.82) is 0 Å². The number of hydrogen-bond donors (Lipinski definition) is 2. The predicted molar refractivity (Wildman–Crippen MR) is 132 cm³/mol. The number of fused-ring (bicyclic) bond motifs is 1. The fraction of sp³-hybridized carbons (Fsp3) is 0.185. The van der Waals surface area contributed by atoms with Gasteiger partial charge in [0.15, 0.2) is 5.82 Å². The molecule has 2 atom stereocenters. The summed E-state index contributed by atoms with van der Waals surface area (Å²) in [5, 5.41) is 17.7. The van der Waals surface area contributed by atoms with Gasteiger partial charge >= 0.3 is 0 Å². The summed E-state index contributed by atoms with van der Waals surface area (Å²) < 4.78 is 2.01. The zero-order valence-electron chi connectivity index (χ0n) is 19.2. The van der Waals surface area contributed by atoms with E-state index in [1.54, 1.807) is 11.2 Å². The topological polar surface area (TPSA) is 99.9 Å². The number of aromatic amines is 1. The number of carbonyl (C=O) groups is 1. The van der Waals surface area contributed by atoms with Crippen LogP contribution in [0.1, 0.15) is 34.2 Å². The molecule has 8 nitrogen and oxygen atoms in total. The van der Waals surface area contributed by atoms with Crippen LogP contribution in [0, 0.1) is 6.92 Å². The number of rotatable bonds is 4. The van der Waals surface area contributed by atoms with Gasteiger partial charge in [0.25, 0.3) is 5.91 Å². The molecular weight excluding hydrogens is 440 g/mol. The maximum atomic E-state index is 13.5. The first-order chi connectivity index (χ1) is 17.1. The van der Waals surface area contributed by atoms with E-state index in [1.165, 1.54) is 0 Å². The van der Waals surface area contributed by atoms with Crippen LogP contribution in [0.5, 0.6) is 0 Å². The minimum atomic E-state index is -0.626. The maximum Gasteiger partial charge on any atom is 0.254 e. The Morgan fingerprint density at radius 2 is 1.91 bits per heavy atom. The molecule has 2 N–H and O–H groups in total. The van der Waals surface area contributed by atoms with Crippen LogP contribution in [0.15, 0.2) is 79.1 Å². The number of likely N-dealkylation sites (tertiary alicyclic amines) is 1. The van der Waals surface area contributed by atoms with Crippen molar-refractivity contribution >= 4 is 16.9 Å². The third-order valence-corrected chi connectivity index (χ3v) is 6.46. The van der Waals surface area contributed by atoms with Gasteiger partial charge in [0, 0.05) is 29.8 Å². The number of nitrogens with zero attached hydrogens (tertiary/aromatic N) is 5. The molecule has 0 aliphatic carbocycles. The number of carbonyl (C=O) groups excluding carboxylic acids is 1. The molecule has 35 heavy (non-hydrogen) atoms. The highest BCUT2D eigenvalue weighted by Gasteiger charge is 2.38. The van der Waals surface area contributed by atoms with E-state index in [0.717, 1.165) is 27.8 Å². The fourth-order valence-corrected chi connectivity index (χ4v) is 4.73. The second-order valence-electron chi connectivity index (χ2n) is 8.93. The van der Waals surface area contributed by atoms with Gasteiger partial charge in [0.2, 0.25) is 0 Å². The first-order valence-corrected chi connectivity index (χ1v) is 11.6. The summed E-state index contributed by atoms with van der Waals surface area (Å²) in [4.78, 5) is 24.4. The third-order valence-electron chi connectivity index (χ3n) is 6.46. The standard InChI is InChI=1S/C27H24N6O2/c1-17-6-5-9-20(12-17)33-16-28-22-13-19(10-11-23(22)33)27(35)32-15-21(34)14-24(32)26-29-25(30-31-26)18-7-3-2-4-8-18/h2-13,16,21,24,34H,14-15H2,1H3,(H,29,30,31)/t21-,24+/m1/s1. The Bertz CT molecular complexity index is 1520. The fourth-order valence-electron chi connectivity index (χ4n) is 4.73. The average Bonchev–Trinajstić information content (AvgIpc) is 3.62. The van der Waals surface area contributed by atoms with Crippen LogP contribution in [-0.4, -0.2) is 53.3 Å². The smallest absolute Gasteiger partial charge is 0.254 e. The third kappa shape index (κ3) is 3.87.